The van der Waals surface area contributed by atoms with Crippen molar-refractivity contribution in [1.29, 1.82) is 0 Å². The molecule has 2 heteroatoms. The Labute approximate surface area is 177 Å². The monoisotopic (exact) mass is 390 g/mol. The van der Waals surface area contributed by atoms with E-state index in [2.05, 4.69) is 71.7 Å². The van der Waals surface area contributed by atoms with Gasteiger partial charge in [-0.2, -0.15) is 0 Å². The summed E-state index contributed by atoms with van der Waals surface area (Å²) in [4.78, 5) is 2.73. The fourth-order valence-corrected chi connectivity index (χ4v) is 5.36. The molecule has 0 radical (unpaired) electrons. The second-order valence-electron chi connectivity index (χ2n) is 9.33. The smallest absolute Gasteiger partial charge is 0.0601 e. The Kier molecular flexibility index (Phi) is 7.40. The highest BCUT2D eigenvalue weighted by Crippen LogP contribution is 2.34. The molecule has 2 fully saturated rings. The van der Waals surface area contributed by atoms with Gasteiger partial charge in [-0.15, -0.1) is 0 Å². The lowest BCUT2D eigenvalue weighted by atomic mass is 9.86. The predicted octanol–water partition coefficient (Wildman–Crippen LogP) is 5.97. The molecule has 0 bridgehead atoms. The summed E-state index contributed by atoms with van der Waals surface area (Å²) in [6.07, 6.45) is 9.86. The van der Waals surface area contributed by atoms with Gasteiger partial charge in [-0.05, 0) is 81.7 Å². The first kappa shape index (κ1) is 20.6. The van der Waals surface area contributed by atoms with Gasteiger partial charge in [0.2, 0.25) is 0 Å². The molecule has 2 aliphatic rings. The summed E-state index contributed by atoms with van der Waals surface area (Å²) < 4.78 is 0. The predicted molar refractivity (Wildman–Crippen MR) is 123 cm³/mol. The van der Waals surface area contributed by atoms with Crippen LogP contribution in [-0.4, -0.2) is 31.1 Å². The summed E-state index contributed by atoms with van der Waals surface area (Å²) in [5, 5.41) is 3.49. The summed E-state index contributed by atoms with van der Waals surface area (Å²) in [7, 11) is 0. The molecule has 2 aliphatic heterocycles. The van der Waals surface area contributed by atoms with Crippen LogP contribution in [0, 0.1) is 18.8 Å². The van der Waals surface area contributed by atoms with E-state index in [1.165, 1.54) is 87.8 Å². The molecule has 1 N–H and O–H groups in total. The molecule has 1 unspecified atom stereocenters. The van der Waals surface area contributed by atoms with E-state index in [0.717, 1.165) is 11.8 Å². The van der Waals surface area contributed by atoms with Gasteiger partial charge in [0, 0.05) is 0 Å². The standard InChI is InChI=1S/C27H38N2/c1-22-10-12-26(13-11-22)27(25-8-3-2-4-9-25)29-20-16-24(17-21-29)7-5-6-23-14-18-28-19-15-23/h2-4,8-13,23-24,27-28H,5-7,14-21H2,1H3. The second-order valence-corrected chi connectivity index (χ2v) is 9.33. The maximum Gasteiger partial charge on any atom is 0.0601 e. The summed E-state index contributed by atoms with van der Waals surface area (Å²) in [6.45, 7) is 7.11. The highest BCUT2D eigenvalue weighted by atomic mass is 15.2. The number of nitrogens with zero attached hydrogens (tertiary/aromatic N) is 1. The molecule has 156 valence electrons. The van der Waals surface area contributed by atoms with Crippen LogP contribution in [0.5, 0.6) is 0 Å². The van der Waals surface area contributed by atoms with Crippen LogP contribution < -0.4 is 5.32 Å². The molecule has 2 aromatic rings. The summed E-state index contributed by atoms with van der Waals surface area (Å²) in [5.41, 5.74) is 4.21. The van der Waals surface area contributed by atoms with Crippen molar-refractivity contribution < 1.29 is 0 Å². The van der Waals surface area contributed by atoms with E-state index in [-0.39, 0.29) is 0 Å². The molecule has 0 amide bonds. The molecule has 2 heterocycles. The van der Waals surface area contributed by atoms with Gasteiger partial charge in [-0.1, -0.05) is 79.4 Å². The van der Waals surface area contributed by atoms with Crippen LogP contribution in [-0.2, 0) is 0 Å². The fraction of sp³-hybridized carbons (Fsp3) is 0.556. The van der Waals surface area contributed by atoms with E-state index < -0.39 is 0 Å². The van der Waals surface area contributed by atoms with E-state index in [1.54, 1.807) is 0 Å². The third-order valence-electron chi connectivity index (χ3n) is 7.21. The Hall–Kier alpha value is -1.64. The van der Waals surface area contributed by atoms with Crippen molar-refractivity contribution in [2.24, 2.45) is 11.8 Å². The maximum atomic E-state index is 3.49. The number of likely N-dealkylation sites (tertiary alicyclic amines) is 1. The lowest BCUT2D eigenvalue weighted by Crippen LogP contribution is -2.37. The van der Waals surface area contributed by atoms with Crippen molar-refractivity contribution >= 4 is 0 Å². The minimum atomic E-state index is 0.396. The second kappa shape index (κ2) is 10.4. The van der Waals surface area contributed by atoms with Gasteiger partial charge >= 0.3 is 0 Å². The number of nitrogens with one attached hydrogen (secondary N) is 1. The Morgan fingerprint density at radius 2 is 1.38 bits per heavy atom. The van der Waals surface area contributed by atoms with Gasteiger partial charge in [0.15, 0.2) is 0 Å². The minimum absolute atomic E-state index is 0.396. The molecular weight excluding hydrogens is 352 g/mol. The molecule has 0 spiro atoms. The van der Waals surface area contributed by atoms with Crippen LogP contribution in [0.1, 0.15) is 67.7 Å². The fourth-order valence-electron chi connectivity index (χ4n) is 5.36. The maximum absolute atomic E-state index is 3.49. The number of aryl methyl sites for hydroxylation is 1. The van der Waals surface area contributed by atoms with Crippen LogP contribution in [0.25, 0.3) is 0 Å². The van der Waals surface area contributed by atoms with Crippen LogP contribution in [0.3, 0.4) is 0 Å². The molecule has 2 nitrogen and oxygen atoms in total. The highest BCUT2D eigenvalue weighted by molar-refractivity contribution is 5.33. The Bertz CT molecular complexity index is 710. The average molecular weight is 391 g/mol. The van der Waals surface area contributed by atoms with Gasteiger partial charge in [0.05, 0.1) is 6.04 Å². The van der Waals surface area contributed by atoms with Gasteiger partial charge in [-0.25, -0.2) is 0 Å². The molecular formula is C27H38N2. The Morgan fingerprint density at radius 3 is 2.03 bits per heavy atom. The number of piperidine rings is 2. The van der Waals surface area contributed by atoms with E-state index in [9.17, 15) is 0 Å². The lowest BCUT2D eigenvalue weighted by Gasteiger charge is -2.38. The van der Waals surface area contributed by atoms with Crippen LogP contribution in [0.2, 0.25) is 0 Å². The third-order valence-corrected chi connectivity index (χ3v) is 7.21. The van der Waals surface area contributed by atoms with Gasteiger partial charge in [-0.3, -0.25) is 4.90 Å². The van der Waals surface area contributed by atoms with Gasteiger partial charge in [0.1, 0.15) is 0 Å². The molecule has 2 aromatic carbocycles. The number of benzene rings is 2. The zero-order chi connectivity index (χ0) is 19.9. The zero-order valence-electron chi connectivity index (χ0n) is 18.2. The first-order valence-corrected chi connectivity index (χ1v) is 11.9. The molecule has 0 saturated carbocycles. The molecule has 0 aromatic heterocycles. The van der Waals surface area contributed by atoms with Crippen molar-refractivity contribution in [2.45, 2.75) is 57.9 Å². The summed E-state index contributed by atoms with van der Waals surface area (Å²) in [6, 6.07) is 20.7. The third kappa shape index (κ3) is 5.71. The van der Waals surface area contributed by atoms with Crippen LogP contribution >= 0.6 is 0 Å². The van der Waals surface area contributed by atoms with Crippen molar-refractivity contribution in [3.8, 4) is 0 Å². The number of hydrogen-bond acceptors (Lipinski definition) is 2. The van der Waals surface area contributed by atoms with E-state index >= 15 is 0 Å². The van der Waals surface area contributed by atoms with E-state index in [1.807, 2.05) is 0 Å². The number of hydrogen-bond donors (Lipinski definition) is 1. The highest BCUT2D eigenvalue weighted by Gasteiger charge is 2.27. The largest absolute Gasteiger partial charge is 0.317 e. The van der Waals surface area contributed by atoms with Crippen LogP contribution in [0.15, 0.2) is 54.6 Å². The molecule has 0 aliphatic carbocycles. The number of rotatable bonds is 7. The van der Waals surface area contributed by atoms with E-state index in [4.69, 9.17) is 0 Å². The van der Waals surface area contributed by atoms with Crippen LogP contribution in [0.4, 0.5) is 0 Å². The van der Waals surface area contributed by atoms with Crippen molar-refractivity contribution in [3.05, 3.63) is 71.3 Å². The van der Waals surface area contributed by atoms with Crippen molar-refractivity contribution in [2.75, 3.05) is 26.2 Å². The quantitative estimate of drug-likeness (QED) is 0.627. The summed E-state index contributed by atoms with van der Waals surface area (Å²) >= 11 is 0. The van der Waals surface area contributed by atoms with Crippen molar-refractivity contribution in [3.63, 3.8) is 0 Å². The lowest BCUT2D eigenvalue weighted by molar-refractivity contribution is 0.144. The normalized spacial score (nSPS) is 20.6. The first-order valence-electron chi connectivity index (χ1n) is 11.9. The first-order chi connectivity index (χ1) is 14.3. The molecule has 2 saturated heterocycles. The molecule has 4 rings (SSSR count). The zero-order valence-corrected chi connectivity index (χ0v) is 18.2. The van der Waals surface area contributed by atoms with Gasteiger partial charge in [0.25, 0.3) is 0 Å². The molecule has 29 heavy (non-hydrogen) atoms. The topological polar surface area (TPSA) is 15.3 Å². The summed E-state index contributed by atoms with van der Waals surface area (Å²) in [5.74, 6) is 1.92. The van der Waals surface area contributed by atoms with Gasteiger partial charge < -0.3 is 5.32 Å². The molecule has 1 atom stereocenters. The minimum Gasteiger partial charge on any atom is -0.317 e. The average Bonchev–Trinajstić information content (AvgIpc) is 2.78. The SMILES string of the molecule is Cc1ccc(C(c2ccccc2)N2CCC(CCCC3CCNCC3)CC2)cc1. The van der Waals surface area contributed by atoms with E-state index in [0.29, 0.717) is 6.04 Å². The van der Waals surface area contributed by atoms with Crippen molar-refractivity contribution in [1.82, 2.24) is 10.2 Å². The Morgan fingerprint density at radius 1 is 0.793 bits per heavy atom. The Balaban J connectivity index is 1.33.